The molecule has 0 aliphatic rings. The van der Waals surface area contributed by atoms with Crippen LogP contribution in [0.2, 0.25) is 0 Å². The van der Waals surface area contributed by atoms with Crippen LogP contribution in [0.4, 0.5) is 5.82 Å². The molecule has 0 aliphatic heterocycles. The predicted octanol–water partition coefficient (Wildman–Crippen LogP) is 3.16. The highest BCUT2D eigenvalue weighted by Crippen LogP contribution is 2.24. The maximum Gasteiger partial charge on any atom is 0.143 e. The van der Waals surface area contributed by atoms with Crippen LogP contribution in [0, 0.1) is 11.3 Å². The van der Waals surface area contributed by atoms with Gasteiger partial charge in [0.15, 0.2) is 0 Å². The average Bonchev–Trinajstić information content (AvgIpc) is 2.45. The maximum absolute atomic E-state index is 8.78. The lowest BCUT2D eigenvalue weighted by Gasteiger charge is -2.23. The fourth-order valence-corrected chi connectivity index (χ4v) is 2.27. The number of halogens is 1. The fourth-order valence-electron chi connectivity index (χ4n) is 1.77. The van der Waals surface area contributed by atoms with Gasteiger partial charge in [0, 0.05) is 31.7 Å². The Labute approximate surface area is 120 Å². The number of hydrogen-bond acceptors (Lipinski definition) is 4. The number of pyridine rings is 2. The Morgan fingerprint density at radius 2 is 2.11 bits per heavy atom. The molecule has 0 unspecified atom stereocenters. The van der Waals surface area contributed by atoms with Crippen molar-refractivity contribution < 1.29 is 0 Å². The lowest BCUT2D eigenvalue weighted by Crippen LogP contribution is -2.25. The first-order valence-electron chi connectivity index (χ1n) is 5.92. The van der Waals surface area contributed by atoms with Crippen LogP contribution in [0.1, 0.15) is 12.0 Å². The molecule has 2 rings (SSSR count). The Balaban J connectivity index is 2.22. The largest absolute Gasteiger partial charge is 0.350 e. The summed E-state index contributed by atoms with van der Waals surface area (Å²) in [6.45, 7) is 1.33. The van der Waals surface area contributed by atoms with Crippen molar-refractivity contribution in [1.29, 1.82) is 5.26 Å². The van der Waals surface area contributed by atoms with E-state index in [1.54, 1.807) is 12.4 Å². The third-order valence-electron chi connectivity index (χ3n) is 2.63. The van der Waals surface area contributed by atoms with Gasteiger partial charge in [-0.1, -0.05) is 6.07 Å². The van der Waals surface area contributed by atoms with E-state index < -0.39 is 0 Å². The van der Waals surface area contributed by atoms with E-state index in [1.165, 1.54) is 0 Å². The molecule has 96 valence electrons. The molecule has 5 heteroatoms. The van der Waals surface area contributed by atoms with Crippen LogP contribution in [0.3, 0.4) is 0 Å². The SMILES string of the molecule is N#CCCN(Cc1cccnc1)c1ncccc1Br. The molecule has 0 N–H and O–H groups in total. The summed E-state index contributed by atoms with van der Waals surface area (Å²) >= 11 is 3.50. The van der Waals surface area contributed by atoms with Crippen LogP contribution >= 0.6 is 15.9 Å². The number of hydrogen-bond donors (Lipinski definition) is 0. The highest BCUT2D eigenvalue weighted by molar-refractivity contribution is 9.10. The molecule has 0 saturated heterocycles. The fraction of sp³-hybridized carbons (Fsp3) is 0.214. The second-order valence-electron chi connectivity index (χ2n) is 4.00. The normalized spacial score (nSPS) is 9.89. The van der Waals surface area contributed by atoms with E-state index in [0.29, 0.717) is 19.5 Å². The van der Waals surface area contributed by atoms with Gasteiger partial charge in [-0.15, -0.1) is 0 Å². The van der Waals surface area contributed by atoms with Crippen LogP contribution in [0.5, 0.6) is 0 Å². The van der Waals surface area contributed by atoms with E-state index in [4.69, 9.17) is 5.26 Å². The van der Waals surface area contributed by atoms with Crippen LogP contribution in [0.25, 0.3) is 0 Å². The first-order valence-corrected chi connectivity index (χ1v) is 6.72. The van der Waals surface area contributed by atoms with Gasteiger partial charge in [0.1, 0.15) is 5.82 Å². The van der Waals surface area contributed by atoms with Gasteiger partial charge in [0.05, 0.1) is 17.0 Å². The maximum atomic E-state index is 8.78. The monoisotopic (exact) mass is 316 g/mol. The van der Waals surface area contributed by atoms with Gasteiger partial charge in [-0.3, -0.25) is 4.98 Å². The van der Waals surface area contributed by atoms with Gasteiger partial charge >= 0.3 is 0 Å². The van der Waals surface area contributed by atoms with E-state index in [1.807, 2.05) is 30.5 Å². The number of nitrogens with zero attached hydrogens (tertiary/aromatic N) is 4. The van der Waals surface area contributed by atoms with Crippen molar-refractivity contribution in [3.63, 3.8) is 0 Å². The molecule has 0 spiro atoms. The highest BCUT2D eigenvalue weighted by Gasteiger charge is 2.11. The summed E-state index contributed by atoms with van der Waals surface area (Å²) < 4.78 is 0.928. The topological polar surface area (TPSA) is 52.8 Å². The second-order valence-corrected chi connectivity index (χ2v) is 4.85. The molecule has 0 fully saturated rings. The van der Waals surface area contributed by atoms with Crippen molar-refractivity contribution in [3.8, 4) is 6.07 Å². The molecule has 0 amide bonds. The molecule has 2 aromatic rings. The number of aromatic nitrogens is 2. The van der Waals surface area contributed by atoms with Crippen LogP contribution in [-0.2, 0) is 6.54 Å². The minimum atomic E-state index is 0.462. The van der Waals surface area contributed by atoms with Gasteiger partial charge in [-0.2, -0.15) is 5.26 Å². The van der Waals surface area contributed by atoms with Gasteiger partial charge in [0.2, 0.25) is 0 Å². The Bertz CT molecular complexity index is 565. The molecule has 2 heterocycles. The summed E-state index contributed by atoms with van der Waals surface area (Å²) in [5.41, 5.74) is 1.10. The molecule has 19 heavy (non-hydrogen) atoms. The molecule has 0 atom stereocenters. The van der Waals surface area contributed by atoms with E-state index in [2.05, 4.69) is 36.9 Å². The van der Waals surface area contributed by atoms with E-state index in [0.717, 1.165) is 15.9 Å². The number of nitriles is 1. The Hall–Kier alpha value is -1.93. The quantitative estimate of drug-likeness (QED) is 0.850. The minimum Gasteiger partial charge on any atom is -0.350 e. The molecule has 0 saturated carbocycles. The van der Waals surface area contributed by atoms with Crippen LogP contribution in [0.15, 0.2) is 47.3 Å². The van der Waals surface area contributed by atoms with Crippen molar-refractivity contribution in [2.45, 2.75) is 13.0 Å². The Morgan fingerprint density at radius 3 is 2.79 bits per heavy atom. The van der Waals surface area contributed by atoms with Crippen molar-refractivity contribution >= 4 is 21.7 Å². The average molecular weight is 317 g/mol. The smallest absolute Gasteiger partial charge is 0.143 e. The summed E-state index contributed by atoms with van der Waals surface area (Å²) in [7, 11) is 0. The van der Waals surface area contributed by atoms with Gasteiger partial charge in [0.25, 0.3) is 0 Å². The summed E-state index contributed by atoms with van der Waals surface area (Å²) in [6.07, 6.45) is 5.79. The third kappa shape index (κ3) is 3.76. The molecular weight excluding hydrogens is 304 g/mol. The van der Waals surface area contributed by atoms with Crippen molar-refractivity contribution in [2.75, 3.05) is 11.4 Å². The Kier molecular flexibility index (Phi) is 4.87. The van der Waals surface area contributed by atoms with Crippen molar-refractivity contribution in [2.24, 2.45) is 0 Å². The molecule has 0 aromatic carbocycles. The zero-order valence-electron chi connectivity index (χ0n) is 10.3. The first-order chi connectivity index (χ1) is 9.31. The number of anilines is 1. The van der Waals surface area contributed by atoms with E-state index in [9.17, 15) is 0 Å². The third-order valence-corrected chi connectivity index (χ3v) is 3.25. The second kappa shape index (κ2) is 6.86. The molecule has 0 aliphatic carbocycles. The van der Waals surface area contributed by atoms with Crippen molar-refractivity contribution in [3.05, 3.63) is 52.9 Å². The van der Waals surface area contributed by atoms with Crippen LogP contribution < -0.4 is 4.90 Å². The molecule has 0 bridgehead atoms. The summed E-state index contributed by atoms with van der Waals surface area (Å²) in [4.78, 5) is 10.6. The van der Waals surface area contributed by atoms with Crippen LogP contribution in [-0.4, -0.2) is 16.5 Å². The summed E-state index contributed by atoms with van der Waals surface area (Å²) in [5, 5.41) is 8.78. The molecule has 2 aromatic heterocycles. The van der Waals surface area contributed by atoms with Gasteiger partial charge < -0.3 is 4.90 Å². The number of rotatable bonds is 5. The standard InChI is InChI=1S/C14H13BrN4/c15-13-5-2-8-18-14(13)19(9-3-6-16)11-12-4-1-7-17-10-12/h1-2,4-5,7-8,10H,3,9,11H2. The lowest BCUT2D eigenvalue weighted by molar-refractivity contribution is 0.778. The predicted molar refractivity (Wildman–Crippen MR) is 77.5 cm³/mol. The Morgan fingerprint density at radius 1 is 1.26 bits per heavy atom. The lowest BCUT2D eigenvalue weighted by atomic mass is 10.2. The minimum absolute atomic E-state index is 0.462. The summed E-state index contributed by atoms with van der Waals surface area (Å²) in [5.74, 6) is 0.849. The van der Waals surface area contributed by atoms with Gasteiger partial charge in [-0.25, -0.2) is 4.98 Å². The zero-order chi connectivity index (χ0) is 13.5. The van der Waals surface area contributed by atoms with Crippen molar-refractivity contribution in [1.82, 2.24) is 9.97 Å². The van der Waals surface area contributed by atoms with E-state index in [-0.39, 0.29) is 0 Å². The molecule has 4 nitrogen and oxygen atoms in total. The van der Waals surface area contributed by atoms with E-state index >= 15 is 0 Å². The highest BCUT2D eigenvalue weighted by atomic mass is 79.9. The molecule has 0 radical (unpaired) electrons. The zero-order valence-corrected chi connectivity index (χ0v) is 11.9. The van der Waals surface area contributed by atoms with Gasteiger partial charge in [-0.05, 0) is 39.7 Å². The summed E-state index contributed by atoms with van der Waals surface area (Å²) in [6, 6.07) is 9.92. The molecular formula is C14H13BrN4. The first kappa shape index (κ1) is 13.5.